The molecule has 0 spiro atoms. The molecule has 2 aromatic rings. The van der Waals surface area contributed by atoms with Gasteiger partial charge in [-0.3, -0.25) is 14.7 Å². The first kappa shape index (κ1) is 17.2. The fraction of sp³-hybridized carbons (Fsp3) is 0.368. The highest BCUT2D eigenvalue weighted by atomic mass is 16.5. The third-order valence-corrected chi connectivity index (χ3v) is 4.54. The van der Waals surface area contributed by atoms with Crippen molar-refractivity contribution in [2.75, 3.05) is 32.7 Å². The lowest BCUT2D eigenvalue weighted by Gasteiger charge is -2.24. The third kappa shape index (κ3) is 3.74. The summed E-state index contributed by atoms with van der Waals surface area (Å²) in [5.74, 6) is 1.46. The van der Waals surface area contributed by atoms with Gasteiger partial charge in [0.25, 0.3) is 0 Å². The van der Waals surface area contributed by atoms with Crippen molar-refractivity contribution in [1.29, 1.82) is 0 Å². The normalized spacial score (nSPS) is 17.2. The van der Waals surface area contributed by atoms with Gasteiger partial charge in [-0.25, -0.2) is 0 Å². The van der Waals surface area contributed by atoms with Crippen LogP contribution in [-0.4, -0.2) is 49.6 Å². The molecule has 1 atom stereocenters. The molecule has 6 nitrogen and oxygen atoms in total. The number of aromatic nitrogens is 1. The number of pyridine rings is 1. The number of hydrogen-bond donors (Lipinski definition) is 0. The number of carbonyl (C=O) groups excluding carboxylic acids is 1. The molecule has 132 valence electrons. The maximum absolute atomic E-state index is 12.9. The van der Waals surface area contributed by atoms with Gasteiger partial charge in [0.15, 0.2) is 0 Å². The number of hydrogen-bond acceptors (Lipinski definition) is 5. The lowest BCUT2D eigenvalue weighted by Crippen LogP contribution is -2.39. The van der Waals surface area contributed by atoms with Crippen LogP contribution in [0.5, 0.6) is 11.5 Å². The minimum Gasteiger partial charge on any atom is -0.497 e. The summed E-state index contributed by atoms with van der Waals surface area (Å²) in [6.45, 7) is 1.40. The molecule has 0 N–H and O–H groups in total. The Labute approximate surface area is 148 Å². The van der Waals surface area contributed by atoms with Crippen molar-refractivity contribution in [2.24, 2.45) is 0 Å². The van der Waals surface area contributed by atoms with Gasteiger partial charge in [-0.15, -0.1) is 0 Å². The average molecular weight is 341 g/mol. The number of amides is 1. The topological polar surface area (TPSA) is 54.9 Å². The van der Waals surface area contributed by atoms with E-state index in [1.165, 1.54) is 0 Å². The maximum Gasteiger partial charge on any atom is 0.244 e. The average Bonchev–Trinajstić information content (AvgIpc) is 3.03. The van der Waals surface area contributed by atoms with Crippen molar-refractivity contribution >= 4 is 11.6 Å². The SMILES string of the molecule is COc1cc(OC)cc(N2CC[C@H](N(C)Cc3ccncc3)C2=O)c1. The van der Waals surface area contributed by atoms with E-state index in [2.05, 4.69) is 9.88 Å². The zero-order chi connectivity index (χ0) is 17.8. The van der Waals surface area contributed by atoms with E-state index in [9.17, 15) is 4.79 Å². The van der Waals surface area contributed by atoms with Gasteiger partial charge in [-0.05, 0) is 31.2 Å². The molecule has 6 heteroatoms. The maximum atomic E-state index is 12.9. The molecule has 0 saturated carbocycles. The summed E-state index contributed by atoms with van der Waals surface area (Å²) in [6.07, 6.45) is 4.34. The summed E-state index contributed by atoms with van der Waals surface area (Å²) in [7, 11) is 5.20. The zero-order valence-electron chi connectivity index (χ0n) is 14.8. The van der Waals surface area contributed by atoms with Gasteiger partial charge in [0, 0.05) is 43.7 Å². The number of likely N-dealkylation sites (N-methyl/N-ethyl adjacent to an activating group) is 1. The first-order valence-electron chi connectivity index (χ1n) is 8.26. The minimum atomic E-state index is -0.134. The van der Waals surface area contributed by atoms with Gasteiger partial charge in [0.1, 0.15) is 11.5 Å². The van der Waals surface area contributed by atoms with Gasteiger partial charge < -0.3 is 14.4 Å². The molecule has 25 heavy (non-hydrogen) atoms. The van der Waals surface area contributed by atoms with Crippen LogP contribution >= 0.6 is 0 Å². The summed E-state index contributed by atoms with van der Waals surface area (Å²) in [5, 5.41) is 0. The fourth-order valence-corrected chi connectivity index (χ4v) is 3.16. The number of rotatable bonds is 6. The van der Waals surface area contributed by atoms with E-state index in [1.54, 1.807) is 37.6 Å². The standard InChI is InChI=1S/C19H23N3O3/c1-21(13-14-4-7-20-8-5-14)18-6-9-22(19(18)23)15-10-16(24-2)12-17(11-15)25-3/h4-5,7-8,10-12,18H,6,9,13H2,1-3H3/t18-/m0/s1. The number of methoxy groups -OCH3 is 2. The Bertz CT molecular complexity index is 714. The second-order valence-electron chi connectivity index (χ2n) is 6.14. The molecule has 1 saturated heterocycles. The van der Waals surface area contributed by atoms with Gasteiger partial charge in [-0.2, -0.15) is 0 Å². The van der Waals surface area contributed by atoms with Gasteiger partial charge >= 0.3 is 0 Å². The largest absolute Gasteiger partial charge is 0.497 e. The fourth-order valence-electron chi connectivity index (χ4n) is 3.16. The zero-order valence-corrected chi connectivity index (χ0v) is 14.8. The van der Waals surface area contributed by atoms with Crippen LogP contribution in [0.2, 0.25) is 0 Å². The Morgan fingerprint density at radius 1 is 1.16 bits per heavy atom. The predicted molar refractivity (Wildman–Crippen MR) is 96.0 cm³/mol. The highest BCUT2D eigenvalue weighted by Gasteiger charge is 2.35. The summed E-state index contributed by atoms with van der Waals surface area (Å²) < 4.78 is 10.6. The van der Waals surface area contributed by atoms with Gasteiger partial charge in [0.2, 0.25) is 5.91 Å². The van der Waals surface area contributed by atoms with E-state index in [0.717, 1.165) is 17.7 Å². The monoisotopic (exact) mass is 341 g/mol. The smallest absolute Gasteiger partial charge is 0.244 e. The minimum absolute atomic E-state index is 0.104. The van der Waals surface area contributed by atoms with Crippen molar-refractivity contribution < 1.29 is 14.3 Å². The second kappa shape index (κ2) is 7.53. The van der Waals surface area contributed by atoms with Crippen LogP contribution in [0.3, 0.4) is 0 Å². The number of ether oxygens (including phenoxy) is 2. The molecule has 1 aliphatic heterocycles. The Morgan fingerprint density at radius 3 is 2.40 bits per heavy atom. The van der Waals surface area contributed by atoms with Crippen LogP contribution < -0.4 is 14.4 Å². The quantitative estimate of drug-likeness (QED) is 0.807. The number of carbonyl (C=O) groups is 1. The summed E-state index contributed by atoms with van der Waals surface area (Å²) in [6, 6.07) is 9.35. The molecule has 2 heterocycles. The van der Waals surface area contributed by atoms with Crippen LogP contribution in [0.15, 0.2) is 42.7 Å². The molecule has 1 aromatic carbocycles. The molecule has 0 aliphatic carbocycles. The van der Waals surface area contributed by atoms with Crippen molar-refractivity contribution in [3.05, 3.63) is 48.3 Å². The first-order valence-corrected chi connectivity index (χ1v) is 8.26. The van der Waals surface area contributed by atoms with Crippen LogP contribution in [0.25, 0.3) is 0 Å². The highest BCUT2D eigenvalue weighted by Crippen LogP contribution is 2.32. The van der Waals surface area contributed by atoms with Crippen molar-refractivity contribution in [3.8, 4) is 11.5 Å². The lowest BCUT2D eigenvalue weighted by molar-refractivity contribution is -0.121. The molecular weight excluding hydrogens is 318 g/mol. The van der Waals surface area contributed by atoms with Gasteiger partial charge in [0.05, 0.1) is 25.9 Å². The molecule has 1 fully saturated rings. The molecule has 1 aliphatic rings. The lowest BCUT2D eigenvalue weighted by atomic mass is 10.2. The van der Waals surface area contributed by atoms with E-state index in [-0.39, 0.29) is 11.9 Å². The summed E-state index contributed by atoms with van der Waals surface area (Å²) >= 11 is 0. The highest BCUT2D eigenvalue weighted by molar-refractivity contribution is 5.99. The summed E-state index contributed by atoms with van der Waals surface area (Å²) in [5.41, 5.74) is 1.95. The molecular formula is C19H23N3O3. The molecule has 0 bridgehead atoms. The van der Waals surface area contributed by atoms with Crippen LogP contribution in [-0.2, 0) is 11.3 Å². The Morgan fingerprint density at radius 2 is 1.80 bits per heavy atom. The predicted octanol–water partition coefficient (Wildman–Crippen LogP) is 2.34. The molecule has 1 amide bonds. The van der Waals surface area contributed by atoms with E-state index in [1.807, 2.05) is 31.3 Å². The molecule has 3 rings (SSSR count). The molecule has 0 radical (unpaired) electrons. The van der Waals surface area contributed by atoms with Gasteiger partial charge in [-0.1, -0.05) is 0 Å². The second-order valence-corrected chi connectivity index (χ2v) is 6.14. The molecule has 0 unspecified atom stereocenters. The molecule has 1 aromatic heterocycles. The summed E-state index contributed by atoms with van der Waals surface area (Å²) in [4.78, 5) is 20.9. The Hall–Kier alpha value is -2.60. The van der Waals surface area contributed by atoms with Crippen molar-refractivity contribution in [3.63, 3.8) is 0 Å². The van der Waals surface area contributed by atoms with Crippen LogP contribution in [0.1, 0.15) is 12.0 Å². The van der Waals surface area contributed by atoms with E-state index in [4.69, 9.17) is 9.47 Å². The number of benzene rings is 1. The van der Waals surface area contributed by atoms with E-state index < -0.39 is 0 Å². The van der Waals surface area contributed by atoms with Crippen molar-refractivity contribution in [2.45, 2.75) is 19.0 Å². The van der Waals surface area contributed by atoms with E-state index in [0.29, 0.717) is 24.6 Å². The third-order valence-electron chi connectivity index (χ3n) is 4.54. The first-order chi connectivity index (χ1) is 12.1. The number of anilines is 1. The van der Waals surface area contributed by atoms with Crippen LogP contribution in [0.4, 0.5) is 5.69 Å². The van der Waals surface area contributed by atoms with E-state index >= 15 is 0 Å². The Kier molecular flexibility index (Phi) is 5.19. The van der Waals surface area contributed by atoms with Crippen LogP contribution in [0, 0.1) is 0 Å². The number of nitrogens with zero attached hydrogens (tertiary/aromatic N) is 3. The van der Waals surface area contributed by atoms with Crippen molar-refractivity contribution in [1.82, 2.24) is 9.88 Å². The Balaban J connectivity index is 1.75.